The van der Waals surface area contributed by atoms with Gasteiger partial charge >= 0.3 is 0 Å². The van der Waals surface area contributed by atoms with Crippen LogP contribution < -0.4 is 27.4 Å². The predicted molar refractivity (Wildman–Crippen MR) is 95.2 cm³/mol. The number of ether oxygens (including phenoxy) is 1. The van der Waals surface area contributed by atoms with Gasteiger partial charge in [-0.2, -0.15) is 0 Å². The van der Waals surface area contributed by atoms with Crippen molar-refractivity contribution in [3.05, 3.63) is 54.2 Å². The monoisotopic (exact) mass is 343 g/mol. The van der Waals surface area contributed by atoms with Gasteiger partial charge < -0.3 is 27.4 Å². The number of fused-ring (bicyclic) bond motifs is 1. The van der Waals surface area contributed by atoms with Crippen LogP contribution in [0.25, 0.3) is 10.9 Å². The SMILES string of the molecule is COc1ccc2nc(C)cc(Nc3ccc([NH+](C)C)cc3)c2c1.[Cl-]. The van der Waals surface area contributed by atoms with Crippen molar-refractivity contribution in [1.29, 1.82) is 0 Å². The lowest BCUT2D eigenvalue weighted by atomic mass is 10.1. The second-order valence-electron chi connectivity index (χ2n) is 5.90. The third kappa shape index (κ3) is 3.78. The highest BCUT2D eigenvalue weighted by molar-refractivity contribution is 5.94. The highest BCUT2D eigenvalue weighted by Crippen LogP contribution is 2.29. The molecule has 0 amide bonds. The lowest BCUT2D eigenvalue weighted by Crippen LogP contribution is -3.00. The van der Waals surface area contributed by atoms with Crippen molar-refractivity contribution < 1.29 is 22.0 Å². The van der Waals surface area contributed by atoms with Gasteiger partial charge in [0.25, 0.3) is 0 Å². The van der Waals surface area contributed by atoms with Crippen LogP contribution in [0.3, 0.4) is 0 Å². The molecule has 2 aromatic carbocycles. The van der Waals surface area contributed by atoms with Gasteiger partial charge in [0.15, 0.2) is 0 Å². The minimum Gasteiger partial charge on any atom is -1.00 e. The lowest BCUT2D eigenvalue weighted by molar-refractivity contribution is -0.786. The number of rotatable bonds is 4. The first-order valence-corrected chi connectivity index (χ1v) is 7.70. The number of nitrogens with one attached hydrogen (secondary N) is 2. The van der Waals surface area contributed by atoms with Gasteiger partial charge in [0.1, 0.15) is 11.4 Å². The number of methoxy groups -OCH3 is 1. The molecule has 0 saturated carbocycles. The molecule has 0 spiro atoms. The van der Waals surface area contributed by atoms with Crippen molar-refractivity contribution >= 4 is 28.0 Å². The first kappa shape index (κ1) is 18.0. The first-order chi connectivity index (χ1) is 11.1. The summed E-state index contributed by atoms with van der Waals surface area (Å²) in [6.45, 7) is 2.01. The Morgan fingerprint density at radius 1 is 1.00 bits per heavy atom. The van der Waals surface area contributed by atoms with E-state index >= 15 is 0 Å². The van der Waals surface area contributed by atoms with Gasteiger partial charge in [-0.3, -0.25) is 4.98 Å². The fraction of sp³-hybridized carbons (Fsp3) is 0.211. The van der Waals surface area contributed by atoms with E-state index in [4.69, 9.17) is 4.74 Å². The highest BCUT2D eigenvalue weighted by atomic mass is 35.5. The molecule has 2 N–H and O–H groups in total. The summed E-state index contributed by atoms with van der Waals surface area (Å²) in [6, 6.07) is 16.5. The van der Waals surface area contributed by atoms with Crippen LogP contribution in [-0.4, -0.2) is 26.2 Å². The quantitative estimate of drug-likeness (QED) is 0.704. The molecule has 1 heterocycles. The van der Waals surface area contributed by atoms with Gasteiger partial charge in [-0.25, -0.2) is 0 Å². The van der Waals surface area contributed by atoms with Crippen LogP contribution in [0.15, 0.2) is 48.5 Å². The maximum absolute atomic E-state index is 5.34. The molecule has 5 heteroatoms. The fourth-order valence-electron chi connectivity index (χ4n) is 2.61. The summed E-state index contributed by atoms with van der Waals surface area (Å²) < 4.78 is 5.34. The number of pyridine rings is 1. The molecule has 0 fully saturated rings. The van der Waals surface area contributed by atoms with Crippen molar-refractivity contribution in [2.75, 3.05) is 26.5 Å². The van der Waals surface area contributed by atoms with E-state index in [-0.39, 0.29) is 12.4 Å². The Morgan fingerprint density at radius 3 is 2.33 bits per heavy atom. The molecule has 0 radical (unpaired) electrons. The van der Waals surface area contributed by atoms with E-state index in [1.54, 1.807) is 7.11 Å². The van der Waals surface area contributed by atoms with Crippen molar-refractivity contribution in [1.82, 2.24) is 4.98 Å². The van der Waals surface area contributed by atoms with Crippen LogP contribution in [0.5, 0.6) is 5.75 Å². The highest BCUT2D eigenvalue weighted by Gasteiger charge is 2.07. The molecule has 4 nitrogen and oxygen atoms in total. The molecule has 3 aromatic rings. The van der Waals surface area contributed by atoms with Gasteiger partial charge in [-0.1, -0.05) is 0 Å². The van der Waals surface area contributed by atoms with E-state index in [0.717, 1.165) is 33.7 Å². The van der Waals surface area contributed by atoms with Crippen LogP contribution in [-0.2, 0) is 0 Å². The zero-order valence-corrected chi connectivity index (χ0v) is 15.1. The topological polar surface area (TPSA) is 38.6 Å². The second kappa shape index (κ2) is 7.51. The molecular formula is C19H22ClN3O. The van der Waals surface area contributed by atoms with Gasteiger partial charge in [0.2, 0.25) is 0 Å². The van der Waals surface area contributed by atoms with Gasteiger partial charge in [-0.15, -0.1) is 0 Å². The smallest absolute Gasteiger partial charge is 0.130 e. The molecule has 0 atom stereocenters. The number of aryl methyl sites for hydroxylation is 1. The van der Waals surface area contributed by atoms with Crippen molar-refractivity contribution in [2.45, 2.75) is 6.92 Å². The Hall–Kier alpha value is -2.30. The predicted octanol–water partition coefficient (Wildman–Crippen LogP) is 0.0754. The average Bonchev–Trinajstić information content (AvgIpc) is 2.55. The second-order valence-corrected chi connectivity index (χ2v) is 5.90. The van der Waals surface area contributed by atoms with Gasteiger partial charge in [0, 0.05) is 34.6 Å². The van der Waals surface area contributed by atoms with Crippen LogP contribution >= 0.6 is 0 Å². The number of benzene rings is 2. The van der Waals surface area contributed by atoms with Gasteiger partial charge in [0.05, 0.1) is 26.7 Å². The summed E-state index contributed by atoms with van der Waals surface area (Å²) >= 11 is 0. The first-order valence-electron chi connectivity index (χ1n) is 7.70. The molecule has 0 bridgehead atoms. The zero-order chi connectivity index (χ0) is 16.4. The Balaban J connectivity index is 0.00000208. The molecule has 0 saturated heterocycles. The molecule has 3 rings (SSSR count). The van der Waals surface area contributed by atoms with Crippen LogP contribution in [0, 0.1) is 6.92 Å². The summed E-state index contributed by atoms with van der Waals surface area (Å²) in [5.41, 5.74) is 5.30. The molecule has 0 aliphatic carbocycles. The molecule has 1 aromatic heterocycles. The summed E-state index contributed by atoms with van der Waals surface area (Å²) in [4.78, 5) is 5.90. The van der Waals surface area contributed by atoms with E-state index in [1.807, 2.05) is 25.1 Å². The number of aromatic nitrogens is 1. The third-order valence-corrected chi connectivity index (χ3v) is 3.89. The molecule has 0 unspecified atom stereocenters. The van der Waals surface area contributed by atoms with E-state index in [1.165, 1.54) is 10.6 Å². The number of hydrogen-bond acceptors (Lipinski definition) is 3. The maximum Gasteiger partial charge on any atom is 0.130 e. The fourth-order valence-corrected chi connectivity index (χ4v) is 2.61. The van der Waals surface area contributed by atoms with Crippen LogP contribution in [0.1, 0.15) is 5.69 Å². The summed E-state index contributed by atoms with van der Waals surface area (Å²) in [7, 11) is 5.92. The Kier molecular flexibility index (Phi) is 5.65. The summed E-state index contributed by atoms with van der Waals surface area (Å²) in [6.07, 6.45) is 0. The minimum absolute atomic E-state index is 0. The van der Waals surface area contributed by atoms with Crippen molar-refractivity contribution in [2.24, 2.45) is 0 Å². The van der Waals surface area contributed by atoms with E-state index < -0.39 is 0 Å². The van der Waals surface area contributed by atoms with Crippen LogP contribution in [0.4, 0.5) is 17.1 Å². The Bertz CT molecular complexity index is 832. The van der Waals surface area contributed by atoms with Crippen molar-refractivity contribution in [3.8, 4) is 5.75 Å². The molecule has 0 aliphatic rings. The van der Waals surface area contributed by atoms with E-state index in [0.29, 0.717) is 0 Å². The Morgan fingerprint density at radius 2 is 1.71 bits per heavy atom. The summed E-state index contributed by atoms with van der Waals surface area (Å²) in [5, 5.41) is 4.55. The molecule has 0 aliphatic heterocycles. The largest absolute Gasteiger partial charge is 1.00 e. The Labute approximate surface area is 148 Å². The normalized spacial score (nSPS) is 10.5. The number of anilines is 2. The minimum atomic E-state index is 0. The number of hydrogen-bond donors (Lipinski definition) is 2. The van der Waals surface area contributed by atoms with Gasteiger partial charge in [-0.05, 0) is 43.3 Å². The van der Waals surface area contributed by atoms with Crippen molar-refractivity contribution in [3.63, 3.8) is 0 Å². The number of quaternary nitrogens is 1. The van der Waals surface area contributed by atoms with E-state index in [9.17, 15) is 0 Å². The van der Waals surface area contributed by atoms with E-state index in [2.05, 4.69) is 54.7 Å². The zero-order valence-electron chi connectivity index (χ0n) is 14.4. The third-order valence-electron chi connectivity index (χ3n) is 3.89. The maximum atomic E-state index is 5.34. The average molecular weight is 344 g/mol. The molecule has 24 heavy (non-hydrogen) atoms. The summed E-state index contributed by atoms with van der Waals surface area (Å²) in [5.74, 6) is 0.831. The van der Waals surface area contributed by atoms with Crippen LogP contribution in [0.2, 0.25) is 0 Å². The number of nitrogens with zero attached hydrogens (tertiary/aromatic N) is 1. The molecular weight excluding hydrogens is 322 g/mol. The standard InChI is InChI=1S/C19H21N3O.ClH/c1-13-11-19(17-12-16(23-4)9-10-18(17)20-13)21-14-5-7-15(8-6-14)22(2)3;/h5-12H,1-4H3,(H,20,21);1H. The number of halogens is 1. The lowest BCUT2D eigenvalue weighted by Gasteiger charge is -2.13. The molecule has 126 valence electrons.